The van der Waals surface area contributed by atoms with E-state index in [0.29, 0.717) is 5.82 Å². The zero-order chi connectivity index (χ0) is 8.97. The van der Waals surface area contributed by atoms with Crippen LogP contribution in [0.3, 0.4) is 0 Å². The molecular formula is C8H13N3O. The van der Waals surface area contributed by atoms with E-state index in [0.717, 1.165) is 6.42 Å². The number of aromatic nitrogens is 2. The Hall–Kier alpha value is -1.32. The smallest absolute Gasteiger partial charge is 0.228 e. The van der Waals surface area contributed by atoms with Gasteiger partial charge in [0, 0.05) is 12.0 Å². The summed E-state index contributed by atoms with van der Waals surface area (Å²) in [6, 6.07) is 1.72. The lowest BCUT2D eigenvalue weighted by Crippen LogP contribution is -2.19. The molecule has 0 saturated heterocycles. The molecule has 0 radical (unpaired) electrons. The van der Waals surface area contributed by atoms with Crippen LogP contribution in [0.4, 0.5) is 5.82 Å². The molecule has 0 saturated carbocycles. The van der Waals surface area contributed by atoms with Crippen LogP contribution in [0.2, 0.25) is 0 Å². The van der Waals surface area contributed by atoms with Crippen LogP contribution in [0.15, 0.2) is 12.3 Å². The van der Waals surface area contributed by atoms with Gasteiger partial charge >= 0.3 is 0 Å². The second-order valence-electron chi connectivity index (χ2n) is 2.77. The Morgan fingerprint density at radius 1 is 1.83 bits per heavy atom. The van der Waals surface area contributed by atoms with Crippen molar-refractivity contribution >= 4 is 11.7 Å². The maximum atomic E-state index is 11.3. The maximum Gasteiger partial charge on any atom is 0.228 e. The Balaban J connectivity index is 2.47. The van der Waals surface area contributed by atoms with E-state index in [-0.39, 0.29) is 11.8 Å². The van der Waals surface area contributed by atoms with Gasteiger partial charge < -0.3 is 5.32 Å². The number of amides is 1. The molecule has 0 aliphatic carbocycles. The lowest BCUT2D eigenvalue weighted by molar-refractivity contribution is -0.119. The normalized spacial score (nSPS) is 12.5. The Labute approximate surface area is 71.4 Å². The van der Waals surface area contributed by atoms with Gasteiger partial charge in [0.2, 0.25) is 5.91 Å². The fraction of sp³-hybridized carbons (Fsp3) is 0.500. The molecule has 0 aliphatic heterocycles. The predicted molar refractivity (Wildman–Crippen MR) is 46.7 cm³/mol. The number of nitrogens with one attached hydrogen (secondary N) is 2. The highest BCUT2D eigenvalue weighted by Gasteiger charge is 2.10. The molecule has 1 amide bonds. The Morgan fingerprint density at radius 2 is 2.58 bits per heavy atom. The van der Waals surface area contributed by atoms with Gasteiger partial charge in [-0.2, -0.15) is 5.10 Å². The number of hydrogen-bond acceptors (Lipinski definition) is 2. The van der Waals surface area contributed by atoms with Gasteiger partial charge in [0.1, 0.15) is 5.82 Å². The van der Waals surface area contributed by atoms with Crippen molar-refractivity contribution in [1.29, 1.82) is 0 Å². The van der Waals surface area contributed by atoms with Crippen molar-refractivity contribution in [2.75, 3.05) is 5.32 Å². The van der Waals surface area contributed by atoms with Crippen LogP contribution < -0.4 is 5.32 Å². The van der Waals surface area contributed by atoms with E-state index >= 15 is 0 Å². The standard InChI is InChI=1S/C8H13N3O/c1-3-6(2)8(12)10-7-4-5-9-11-7/h4-6H,3H2,1-2H3,(H2,9,10,11,12). The monoisotopic (exact) mass is 167 g/mol. The van der Waals surface area contributed by atoms with Crippen LogP contribution in [0.1, 0.15) is 20.3 Å². The number of aromatic amines is 1. The lowest BCUT2D eigenvalue weighted by Gasteiger charge is -2.07. The third kappa shape index (κ3) is 2.08. The van der Waals surface area contributed by atoms with Crippen molar-refractivity contribution < 1.29 is 4.79 Å². The summed E-state index contributed by atoms with van der Waals surface area (Å²) in [5.41, 5.74) is 0. The molecule has 0 fully saturated rings. The number of anilines is 1. The Bertz CT molecular complexity index is 243. The molecule has 4 nitrogen and oxygen atoms in total. The largest absolute Gasteiger partial charge is 0.311 e. The van der Waals surface area contributed by atoms with Gasteiger partial charge in [-0.1, -0.05) is 13.8 Å². The van der Waals surface area contributed by atoms with Crippen molar-refractivity contribution in [3.05, 3.63) is 12.3 Å². The van der Waals surface area contributed by atoms with Crippen molar-refractivity contribution in [1.82, 2.24) is 10.2 Å². The van der Waals surface area contributed by atoms with E-state index in [2.05, 4.69) is 15.5 Å². The molecule has 12 heavy (non-hydrogen) atoms. The maximum absolute atomic E-state index is 11.3. The fourth-order valence-electron chi connectivity index (χ4n) is 0.767. The topological polar surface area (TPSA) is 57.8 Å². The molecule has 0 spiro atoms. The highest BCUT2D eigenvalue weighted by atomic mass is 16.1. The average molecular weight is 167 g/mol. The third-order valence-corrected chi connectivity index (χ3v) is 1.82. The van der Waals surface area contributed by atoms with Crippen LogP contribution in [0, 0.1) is 5.92 Å². The number of nitrogens with zero attached hydrogens (tertiary/aromatic N) is 1. The second kappa shape index (κ2) is 3.90. The van der Waals surface area contributed by atoms with Gasteiger partial charge in [-0.15, -0.1) is 0 Å². The lowest BCUT2D eigenvalue weighted by atomic mass is 10.1. The molecule has 66 valence electrons. The van der Waals surface area contributed by atoms with Crippen LogP contribution in [-0.4, -0.2) is 16.1 Å². The summed E-state index contributed by atoms with van der Waals surface area (Å²) in [7, 11) is 0. The number of rotatable bonds is 3. The predicted octanol–water partition coefficient (Wildman–Crippen LogP) is 1.39. The average Bonchev–Trinajstić information content (AvgIpc) is 2.55. The SMILES string of the molecule is CCC(C)C(=O)Nc1ccn[nH]1. The van der Waals surface area contributed by atoms with Crippen molar-refractivity contribution in [2.24, 2.45) is 5.92 Å². The Kier molecular flexibility index (Phi) is 2.85. The summed E-state index contributed by atoms with van der Waals surface area (Å²) < 4.78 is 0. The quantitative estimate of drug-likeness (QED) is 0.714. The van der Waals surface area contributed by atoms with Crippen molar-refractivity contribution in [3.8, 4) is 0 Å². The summed E-state index contributed by atoms with van der Waals surface area (Å²) in [5.74, 6) is 0.732. The number of carbonyl (C=O) groups is 1. The molecular weight excluding hydrogens is 154 g/mol. The molecule has 1 rings (SSSR count). The molecule has 1 aromatic rings. The Morgan fingerprint density at radius 3 is 3.08 bits per heavy atom. The van der Waals surface area contributed by atoms with Gasteiger partial charge in [0.25, 0.3) is 0 Å². The first-order valence-corrected chi connectivity index (χ1v) is 4.04. The zero-order valence-electron chi connectivity index (χ0n) is 7.29. The van der Waals surface area contributed by atoms with E-state index < -0.39 is 0 Å². The molecule has 2 N–H and O–H groups in total. The first kappa shape index (κ1) is 8.77. The van der Waals surface area contributed by atoms with Gasteiger partial charge in [-0.05, 0) is 6.42 Å². The van der Waals surface area contributed by atoms with Crippen molar-refractivity contribution in [3.63, 3.8) is 0 Å². The van der Waals surface area contributed by atoms with Gasteiger partial charge in [-0.25, -0.2) is 0 Å². The van der Waals surface area contributed by atoms with Crippen LogP contribution >= 0.6 is 0 Å². The minimum atomic E-state index is 0.0294. The molecule has 0 aromatic carbocycles. The summed E-state index contributed by atoms with van der Waals surface area (Å²) in [6.45, 7) is 3.88. The number of hydrogen-bond donors (Lipinski definition) is 2. The summed E-state index contributed by atoms with van der Waals surface area (Å²) in [6.07, 6.45) is 2.45. The number of H-pyrrole nitrogens is 1. The third-order valence-electron chi connectivity index (χ3n) is 1.82. The van der Waals surface area contributed by atoms with Gasteiger partial charge in [-0.3, -0.25) is 9.89 Å². The highest BCUT2D eigenvalue weighted by molar-refractivity contribution is 5.91. The molecule has 4 heteroatoms. The minimum Gasteiger partial charge on any atom is -0.311 e. The van der Waals surface area contributed by atoms with E-state index in [1.54, 1.807) is 12.3 Å². The number of carbonyl (C=O) groups excluding carboxylic acids is 1. The van der Waals surface area contributed by atoms with Crippen LogP contribution in [0.25, 0.3) is 0 Å². The first-order valence-electron chi connectivity index (χ1n) is 4.04. The minimum absolute atomic E-state index is 0.0294. The fourth-order valence-corrected chi connectivity index (χ4v) is 0.767. The van der Waals surface area contributed by atoms with E-state index in [4.69, 9.17) is 0 Å². The van der Waals surface area contributed by atoms with E-state index in [1.165, 1.54) is 0 Å². The van der Waals surface area contributed by atoms with Gasteiger partial charge in [0.05, 0.1) is 6.20 Å². The first-order chi connectivity index (χ1) is 5.74. The molecule has 1 aromatic heterocycles. The van der Waals surface area contributed by atoms with Crippen LogP contribution in [-0.2, 0) is 4.79 Å². The summed E-state index contributed by atoms with van der Waals surface area (Å²) in [5, 5.41) is 9.10. The zero-order valence-corrected chi connectivity index (χ0v) is 7.29. The van der Waals surface area contributed by atoms with E-state index in [1.807, 2.05) is 13.8 Å². The van der Waals surface area contributed by atoms with Gasteiger partial charge in [0.15, 0.2) is 0 Å². The molecule has 1 unspecified atom stereocenters. The van der Waals surface area contributed by atoms with E-state index in [9.17, 15) is 4.79 Å². The molecule has 0 bridgehead atoms. The molecule has 1 atom stereocenters. The van der Waals surface area contributed by atoms with Crippen LogP contribution in [0.5, 0.6) is 0 Å². The summed E-state index contributed by atoms with van der Waals surface area (Å²) in [4.78, 5) is 11.3. The molecule has 1 heterocycles. The molecule has 0 aliphatic rings. The van der Waals surface area contributed by atoms with Crippen molar-refractivity contribution in [2.45, 2.75) is 20.3 Å². The second-order valence-corrected chi connectivity index (χ2v) is 2.77. The summed E-state index contributed by atoms with van der Waals surface area (Å²) >= 11 is 0. The highest BCUT2D eigenvalue weighted by Crippen LogP contribution is 2.05.